The summed E-state index contributed by atoms with van der Waals surface area (Å²) in [7, 11) is 0. The van der Waals surface area contributed by atoms with E-state index < -0.39 is 0 Å². The largest absolute Gasteiger partial charge is 0.382 e. The van der Waals surface area contributed by atoms with Crippen molar-refractivity contribution < 1.29 is 0 Å². The van der Waals surface area contributed by atoms with Crippen molar-refractivity contribution in [3.63, 3.8) is 0 Å². The van der Waals surface area contributed by atoms with Crippen LogP contribution >= 0.6 is 0 Å². The molecule has 5 rings (SSSR count). The molecule has 1 aromatic rings. The summed E-state index contributed by atoms with van der Waals surface area (Å²) < 4.78 is 0. The molecule has 0 saturated carbocycles. The molecule has 0 aliphatic heterocycles. The highest BCUT2D eigenvalue weighted by Crippen LogP contribution is 2.33. The maximum absolute atomic E-state index is 3.68. The van der Waals surface area contributed by atoms with Gasteiger partial charge in [0.15, 0.2) is 0 Å². The van der Waals surface area contributed by atoms with Crippen LogP contribution < -0.4 is 10.2 Å². The first-order valence-corrected chi connectivity index (χ1v) is 12.0. The van der Waals surface area contributed by atoms with E-state index in [0.29, 0.717) is 12.1 Å². The lowest BCUT2D eigenvalue weighted by atomic mass is 9.90. The van der Waals surface area contributed by atoms with Crippen LogP contribution in [0.5, 0.6) is 0 Å². The van der Waals surface area contributed by atoms with Gasteiger partial charge in [-0.1, -0.05) is 79.0 Å². The Kier molecular flexibility index (Phi) is 6.39. The van der Waals surface area contributed by atoms with Gasteiger partial charge in [-0.15, -0.1) is 0 Å². The zero-order valence-electron chi connectivity index (χ0n) is 18.7. The number of para-hydroxylation sites is 1. The molecule has 2 atom stereocenters. The average molecular weight is 421 g/mol. The number of hydrogen-bond acceptors (Lipinski definition) is 2. The van der Waals surface area contributed by atoms with Crippen LogP contribution in [-0.2, 0) is 0 Å². The van der Waals surface area contributed by atoms with Crippen molar-refractivity contribution in [2.24, 2.45) is 0 Å². The van der Waals surface area contributed by atoms with E-state index >= 15 is 0 Å². The van der Waals surface area contributed by atoms with Gasteiger partial charge in [0.05, 0.1) is 6.04 Å². The van der Waals surface area contributed by atoms with E-state index in [1.54, 1.807) is 0 Å². The van der Waals surface area contributed by atoms with Crippen molar-refractivity contribution in [2.45, 2.75) is 50.6 Å². The fraction of sp³-hybridized carbons (Fsp3) is 0.267. The molecule has 0 heterocycles. The second-order valence-corrected chi connectivity index (χ2v) is 8.84. The molecule has 4 aliphatic rings. The van der Waals surface area contributed by atoms with Crippen LogP contribution in [0.3, 0.4) is 0 Å². The molecule has 2 unspecified atom stereocenters. The lowest BCUT2D eigenvalue weighted by Gasteiger charge is -2.36. The highest BCUT2D eigenvalue weighted by atomic mass is 15.2. The SMILES string of the molecule is C1=CCCC(N(c2ccccc2)C2C=CC(C3=CC=C(NC4C=CC=CC4)CC3)=CC2)=C1. The van der Waals surface area contributed by atoms with Crippen molar-refractivity contribution in [3.05, 3.63) is 126 Å². The molecule has 2 heteroatoms. The molecule has 0 bridgehead atoms. The van der Waals surface area contributed by atoms with Gasteiger partial charge in [-0.3, -0.25) is 0 Å². The molecule has 162 valence electrons. The van der Waals surface area contributed by atoms with Crippen molar-refractivity contribution in [1.82, 2.24) is 5.32 Å². The molecule has 1 N–H and O–H groups in total. The maximum atomic E-state index is 3.68. The normalized spacial score (nSPS) is 24.4. The first kappa shape index (κ1) is 20.6. The Balaban J connectivity index is 1.28. The van der Waals surface area contributed by atoms with Crippen LogP contribution in [0.1, 0.15) is 38.5 Å². The average Bonchev–Trinajstić information content (AvgIpc) is 2.87. The third-order valence-corrected chi connectivity index (χ3v) is 6.62. The fourth-order valence-electron chi connectivity index (χ4n) is 4.91. The molecule has 32 heavy (non-hydrogen) atoms. The third kappa shape index (κ3) is 4.80. The molecule has 0 radical (unpaired) electrons. The van der Waals surface area contributed by atoms with Gasteiger partial charge >= 0.3 is 0 Å². The Morgan fingerprint density at radius 3 is 2.44 bits per heavy atom. The number of nitrogens with zero attached hydrogens (tertiary/aromatic N) is 1. The first-order valence-electron chi connectivity index (χ1n) is 12.0. The number of hydrogen-bond donors (Lipinski definition) is 1. The standard InChI is InChI=1S/C30H32N2/c1-4-10-26(11-5-1)31-27-20-16-24(17-21-27)25-18-22-30(23-19-25)32(28-12-6-2-7-13-28)29-14-8-3-9-15-29/h1-8,10,12-14,16,18-20,22,26,30-31H,9,11,15,17,21,23H2. The summed E-state index contributed by atoms with van der Waals surface area (Å²) in [5, 5.41) is 3.68. The van der Waals surface area contributed by atoms with Crippen LogP contribution in [-0.4, -0.2) is 12.1 Å². The number of nitrogens with one attached hydrogen (secondary N) is 1. The van der Waals surface area contributed by atoms with Crippen LogP contribution in [0, 0.1) is 0 Å². The van der Waals surface area contributed by atoms with Crippen LogP contribution in [0.4, 0.5) is 5.69 Å². The van der Waals surface area contributed by atoms with E-state index in [1.165, 1.54) is 28.2 Å². The summed E-state index contributed by atoms with van der Waals surface area (Å²) >= 11 is 0. The molecule has 1 aromatic carbocycles. The van der Waals surface area contributed by atoms with Crippen molar-refractivity contribution in [1.29, 1.82) is 0 Å². The van der Waals surface area contributed by atoms with E-state index in [-0.39, 0.29) is 0 Å². The zero-order valence-corrected chi connectivity index (χ0v) is 18.7. The Morgan fingerprint density at radius 1 is 0.812 bits per heavy atom. The van der Waals surface area contributed by atoms with Gasteiger partial charge in [0.25, 0.3) is 0 Å². The van der Waals surface area contributed by atoms with Crippen LogP contribution in [0.25, 0.3) is 0 Å². The molecule has 0 spiro atoms. The van der Waals surface area contributed by atoms with Gasteiger partial charge in [0.2, 0.25) is 0 Å². The summed E-state index contributed by atoms with van der Waals surface area (Å²) in [6.07, 6.45) is 33.8. The predicted molar refractivity (Wildman–Crippen MR) is 136 cm³/mol. The van der Waals surface area contributed by atoms with Gasteiger partial charge in [-0.2, -0.15) is 0 Å². The van der Waals surface area contributed by atoms with E-state index in [9.17, 15) is 0 Å². The van der Waals surface area contributed by atoms with E-state index in [0.717, 1.165) is 38.5 Å². The smallest absolute Gasteiger partial charge is 0.0557 e. The van der Waals surface area contributed by atoms with E-state index in [2.05, 4.69) is 113 Å². The van der Waals surface area contributed by atoms with E-state index in [1.807, 2.05) is 0 Å². The minimum atomic E-state index is 0.363. The number of benzene rings is 1. The Labute approximate surface area is 192 Å². The Bertz CT molecular complexity index is 1060. The number of allylic oxidation sites excluding steroid dienone is 12. The fourth-order valence-corrected chi connectivity index (χ4v) is 4.91. The summed E-state index contributed by atoms with van der Waals surface area (Å²) in [4.78, 5) is 2.52. The van der Waals surface area contributed by atoms with Crippen molar-refractivity contribution >= 4 is 5.69 Å². The van der Waals surface area contributed by atoms with Crippen molar-refractivity contribution in [2.75, 3.05) is 4.90 Å². The molecular formula is C30H32N2. The van der Waals surface area contributed by atoms with Crippen molar-refractivity contribution in [3.8, 4) is 0 Å². The van der Waals surface area contributed by atoms with Crippen LogP contribution in [0.2, 0.25) is 0 Å². The topological polar surface area (TPSA) is 15.3 Å². The molecule has 0 fully saturated rings. The quantitative estimate of drug-likeness (QED) is 0.530. The predicted octanol–water partition coefficient (Wildman–Crippen LogP) is 7.06. The molecule has 0 saturated heterocycles. The second-order valence-electron chi connectivity index (χ2n) is 8.84. The maximum Gasteiger partial charge on any atom is 0.0557 e. The van der Waals surface area contributed by atoms with Gasteiger partial charge < -0.3 is 10.2 Å². The Hall–Kier alpha value is -3.26. The zero-order chi connectivity index (χ0) is 21.6. The highest BCUT2D eigenvalue weighted by Gasteiger charge is 2.23. The molecule has 4 aliphatic carbocycles. The lowest BCUT2D eigenvalue weighted by molar-refractivity contribution is 0.640. The minimum absolute atomic E-state index is 0.363. The number of anilines is 1. The third-order valence-electron chi connectivity index (χ3n) is 6.62. The summed E-state index contributed by atoms with van der Waals surface area (Å²) in [6, 6.07) is 11.6. The second kappa shape index (κ2) is 9.91. The van der Waals surface area contributed by atoms with Gasteiger partial charge in [-0.05, 0) is 74.0 Å². The monoisotopic (exact) mass is 420 g/mol. The first-order chi connectivity index (χ1) is 15.9. The van der Waals surface area contributed by atoms with E-state index in [4.69, 9.17) is 0 Å². The van der Waals surface area contributed by atoms with Crippen LogP contribution in [0.15, 0.2) is 126 Å². The summed E-state index contributed by atoms with van der Waals surface area (Å²) in [5.41, 5.74) is 6.89. The van der Waals surface area contributed by atoms with Gasteiger partial charge in [0, 0.05) is 23.1 Å². The lowest BCUT2D eigenvalue weighted by Crippen LogP contribution is -2.34. The Morgan fingerprint density at radius 2 is 1.75 bits per heavy atom. The summed E-state index contributed by atoms with van der Waals surface area (Å²) in [5.74, 6) is 0. The molecule has 2 nitrogen and oxygen atoms in total. The van der Waals surface area contributed by atoms with Gasteiger partial charge in [0.1, 0.15) is 0 Å². The number of rotatable bonds is 6. The molecule has 0 aromatic heterocycles. The van der Waals surface area contributed by atoms with Gasteiger partial charge in [-0.25, -0.2) is 0 Å². The minimum Gasteiger partial charge on any atom is -0.382 e. The molecule has 0 amide bonds. The summed E-state index contributed by atoms with van der Waals surface area (Å²) in [6.45, 7) is 0. The molecular weight excluding hydrogens is 388 g/mol. The highest BCUT2D eigenvalue weighted by molar-refractivity contribution is 5.57.